The predicted octanol–water partition coefficient (Wildman–Crippen LogP) is 0.887. The summed E-state index contributed by atoms with van der Waals surface area (Å²) in [5, 5.41) is 22.5. The molecule has 0 saturated carbocycles. The third-order valence-electron chi connectivity index (χ3n) is 5.29. The summed E-state index contributed by atoms with van der Waals surface area (Å²) in [7, 11) is 0. The van der Waals surface area contributed by atoms with Crippen LogP contribution in [0.1, 0.15) is 26.3 Å². The first-order valence-corrected chi connectivity index (χ1v) is 8.86. The molecule has 0 radical (unpaired) electrons. The van der Waals surface area contributed by atoms with Crippen LogP contribution in [-0.2, 0) is 14.4 Å². The molecule has 2 saturated heterocycles. The number of aliphatic carboxylic acids is 1. The van der Waals surface area contributed by atoms with E-state index in [1.165, 1.54) is 0 Å². The Labute approximate surface area is 157 Å². The first-order valence-electron chi connectivity index (χ1n) is 8.86. The van der Waals surface area contributed by atoms with Gasteiger partial charge in [0.15, 0.2) is 5.54 Å². The van der Waals surface area contributed by atoms with E-state index in [1.807, 2.05) is 30.3 Å². The van der Waals surface area contributed by atoms with Crippen molar-refractivity contribution in [2.75, 3.05) is 6.61 Å². The van der Waals surface area contributed by atoms with Crippen LogP contribution in [0.25, 0.3) is 6.08 Å². The molecule has 7 heteroatoms. The van der Waals surface area contributed by atoms with E-state index in [9.17, 15) is 24.6 Å². The molecule has 4 atom stereocenters. The summed E-state index contributed by atoms with van der Waals surface area (Å²) in [5.74, 6) is -4.34. The normalized spacial score (nSPS) is 31.0. The molecule has 0 bridgehead atoms. The Morgan fingerprint density at radius 2 is 1.85 bits per heavy atom. The topological polar surface area (TPSA) is 107 Å². The molecule has 0 spiro atoms. The van der Waals surface area contributed by atoms with Crippen LogP contribution in [0.2, 0.25) is 0 Å². The van der Waals surface area contributed by atoms with Gasteiger partial charge >= 0.3 is 5.97 Å². The molecule has 3 rings (SSSR count). The molecule has 144 valence electrons. The lowest BCUT2D eigenvalue weighted by molar-refractivity contribution is -0.155. The largest absolute Gasteiger partial charge is 0.480 e. The second-order valence-electron chi connectivity index (χ2n) is 8.06. The first kappa shape index (κ1) is 19.3. The van der Waals surface area contributed by atoms with Crippen molar-refractivity contribution < 1.29 is 24.6 Å². The van der Waals surface area contributed by atoms with E-state index in [-0.39, 0.29) is 0 Å². The number of nitrogens with one attached hydrogen (secondary N) is 1. The minimum absolute atomic E-state index is 0.413. The number of nitrogens with zero attached hydrogens (tertiary/aromatic N) is 1. The van der Waals surface area contributed by atoms with E-state index >= 15 is 0 Å². The molecule has 0 aliphatic carbocycles. The van der Waals surface area contributed by atoms with Gasteiger partial charge in [-0.1, -0.05) is 42.5 Å². The fraction of sp³-hybridized carbons (Fsp3) is 0.450. The number of amides is 2. The van der Waals surface area contributed by atoms with Crippen molar-refractivity contribution in [3.05, 3.63) is 42.0 Å². The number of likely N-dealkylation sites (tertiary alicyclic amines) is 1. The Morgan fingerprint density at radius 3 is 2.37 bits per heavy atom. The summed E-state index contributed by atoms with van der Waals surface area (Å²) in [5.41, 5.74) is -1.77. The lowest BCUT2D eigenvalue weighted by Gasteiger charge is -2.34. The monoisotopic (exact) mass is 372 g/mol. The molecular weight excluding hydrogens is 348 g/mol. The first-order chi connectivity index (χ1) is 12.6. The minimum Gasteiger partial charge on any atom is -0.480 e. The van der Waals surface area contributed by atoms with Crippen LogP contribution in [0.15, 0.2) is 36.4 Å². The van der Waals surface area contributed by atoms with Crippen LogP contribution >= 0.6 is 0 Å². The van der Waals surface area contributed by atoms with E-state index in [2.05, 4.69) is 5.32 Å². The molecule has 0 aromatic heterocycles. The fourth-order valence-corrected chi connectivity index (χ4v) is 4.06. The quantitative estimate of drug-likeness (QED) is 0.678. The van der Waals surface area contributed by atoms with Gasteiger partial charge in [0.2, 0.25) is 11.8 Å². The van der Waals surface area contributed by atoms with Crippen LogP contribution in [0.5, 0.6) is 0 Å². The number of imide groups is 1. The molecule has 2 aliphatic rings. The average molecular weight is 372 g/mol. The number of hydrogen-bond acceptors (Lipinski definition) is 5. The van der Waals surface area contributed by atoms with Gasteiger partial charge in [0, 0.05) is 11.6 Å². The molecular formula is C20H24N2O5. The zero-order valence-corrected chi connectivity index (χ0v) is 15.5. The minimum atomic E-state index is -1.89. The highest BCUT2D eigenvalue weighted by Crippen LogP contribution is 2.45. The van der Waals surface area contributed by atoms with Crippen molar-refractivity contribution in [3.8, 4) is 0 Å². The van der Waals surface area contributed by atoms with Gasteiger partial charge in [-0.15, -0.1) is 0 Å². The molecule has 2 amide bonds. The fourth-order valence-electron chi connectivity index (χ4n) is 4.06. The predicted molar refractivity (Wildman–Crippen MR) is 98.4 cm³/mol. The number of carbonyl (C=O) groups excluding carboxylic acids is 2. The maximum Gasteiger partial charge on any atom is 0.327 e. The van der Waals surface area contributed by atoms with Crippen LogP contribution in [0.4, 0.5) is 0 Å². The summed E-state index contributed by atoms with van der Waals surface area (Å²) >= 11 is 0. The Morgan fingerprint density at radius 1 is 1.22 bits per heavy atom. The third kappa shape index (κ3) is 2.96. The highest BCUT2D eigenvalue weighted by molar-refractivity contribution is 6.10. The number of carbonyl (C=O) groups is 3. The summed E-state index contributed by atoms with van der Waals surface area (Å²) < 4.78 is 0. The van der Waals surface area contributed by atoms with Crippen molar-refractivity contribution in [1.82, 2.24) is 10.2 Å². The third-order valence-corrected chi connectivity index (χ3v) is 5.29. The van der Waals surface area contributed by atoms with Gasteiger partial charge in [0.25, 0.3) is 0 Å². The number of carboxylic acids is 1. The van der Waals surface area contributed by atoms with Crippen molar-refractivity contribution in [2.24, 2.45) is 11.8 Å². The molecule has 1 aromatic rings. The summed E-state index contributed by atoms with van der Waals surface area (Å²) in [6.07, 6.45) is 3.48. The van der Waals surface area contributed by atoms with Crippen LogP contribution in [0.3, 0.4) is 0 Å². The second kappa shape index (κ2) is 6.58. The van der Waals surface area contributed by atoms with Gasteiger partial charge in [0.05, 0.1) is 18.4 Å². The standard InChI is InChI=1S/C20H24N2O5/c1-19(2,3)22-16(24)14-13(10-9-12-7-5-4-6-8-12)21-20(11-23,18(26)27)15(14)17(22)25/h4-10,13-15,21,23H,11H2,1-3H3,(H,26,27). The van der Waals surface area contributed by atoms with Crippen molar-refractivity contribution in [2.45, 2.75) is 37.9 Å². The lowest BCUT2D eigenvalue weighted by atomic mass is 9.80. The van der Waals surface area contributed by atoms with Crippen molar-refractivity contribution in [3.63, 3.8) is 0 Å². The number of aliphatic hydroxyl groups is 1. The van der Waals surface area contributed by atoms with Gasteiger partial charge in [-0.05, 0) is 26.3 Å². The second-order valence-corrected chi connectivity index (χ2v) is 8.06. The van der Waals surface area contributed by atoms with Gasteiger partial charge in [-0.25, -0.2) is 0 Å². The van der Waals surface area contributed by atoms with Crippen LogP contribution in [-0.4, -0.2) is 56.6 Å². The molecule has 1 aromatic carbocycles. The van der Waals surface area contributed by atoms with Crippen LogP contribution < -0.4 is 5.32 Å². The number of aliphatic hydroxyl groups excluding tert-OH is 1. The average Bonchev–Trinajstić information content (AvgIpc) is 3.08. The molecule has 4 unspecified atom stereocenters. The van der Waals surface area contributed by atoms with E-state index < -0.39 is 53.3 Å². The lowest BCUT2D eigenvalue weighted by Crippen LogP contribution is -2.60. The Hall–Kier alpha value is -2.51. The summed E-state index contributed by atoms with van der Waals surface area (Å²) in [6, 6.07) is 8.69. The Kier molecular flexibility index (Phi) is 4.69. The molecule has 7 nitrogen and oxygen atoms in total. The van der Waals surface area contributed by atoms with Gasteiger partial charge in [-0.2, -0.15) is 0 Å². The maximum atomic E-state index is 13.0. The van der Waals surface area contributed by atoms with E-state index in [0.717, 1.165) is 10.5 Å². The van der Waals surface area contributed by atoms with E-state index in [0.29, 0.717) is 0 Å². The highest BCUT2D eigenvalue weighted by Gasteiger charge is 2.68. The number of fused-ring (bicyclic) bond motifs is 1. The summed E-state index contributed by atoms with van der Waals surface area (Å²) in [4.78, 5) is 39.2. The highest BCUT2D eigenvalue weighted by atomic mass is 16.4. The van der Waals surface area contributed by atoms with E-state index in [4.69, 9.17) is 0 Å². The smallest absolute Gasteiger partial charge is 0.327 e. The number of rotatable bonds is 4. The number of carboxylic acid groups (broad SMARTS) is 1. The maximum absolute atomic E-state index is 13.0. The van der Waals surface area contributed by atoms with Gasteiger partial charge < -0.3 is 10.2 Å². The SMILES string of the molecule is CC(C)(C)N1C(=O)C2C(C=Cc3ccccc3)NC(CO)(C(=O)O)C2C1=O. The van der Waals surface area contributed by atoms with Crippen LogP contribution in [0, 0.1) is 11.8 Å². The zero-order valence-electron chi connectivity index (χ0n) is 15.5. The molecule has 2 fully saturated rings. The molecule has 2 heterocycles. The molecule has 2 aliphatic heterocycles. The molecule has 27 heavy (non-hydrogen) atoms. The summed E-state index contributed by atoms with van der Waals surface area (Å²) in [6.45, 7) is 4.41. The van der Waals surface area contributed by atoms with E-state index in [1.54, 1.807) is 32.9 Å². The van der Waals surface area contributed by atoms with Gasteiger partial charge in [-0.3, -0.25) is 24.6 Å². The van der Waals surface area contributed by atoms with Crippen molar-refractivity contribution >= 4 is 23.9 Å². The van der Waals surface area contributed by atoms with Gasteiger partial charge in [0.1, 0.15) is 0 Å². The Bertz CT molecular complexity index is 798. The zero-order chi connectivity index (χ0) is 20.0. The Balaban J connectivity index is 2.04. The van der Waals surface area contributed by atoms with Crippen molar-refractivity contribution in [1.29, 1.82) is 0 Å². The molecule has 3 N–H and O–H groups in total. The number of hydrogen-bond donors (Lipinski definition) is 3. The number of benzene rings is 1.